The molecule has 1 amide bonds. The number of rotatable bonds is 6. The second-order valence-electron chi connectivity index (χ2n) is 5.08. The first-order chi connectivity index (χ1) is 10.5. The Labute approximate surface area is 129 Å². The van der Waals surface area contributed by atoms with Gasteiger partial charge in [-0.3, -0.25) is 4.79 Å². The number of aromatic nitrogens is 2. The summed E-state index contributed by atoms with van der Waals surface area (Å²) in [6.45, 7) is 2.64. The van der Waals surface area contributed by atoms with Crippen molar-refractivity contribution in [3.05, 3.63) is 41.0 Å². The van der Waals surface area contributed by atoms with E-state index in [0.29, 0.717) is 36.0 Å². The molecule has 0 aliphatic rings. The second kappa shape index (κ2) is 7.04. The molecule has 7 heteroatoms. The van der Waals surface area contributed by atoms with E-state index in [2.05, 4.69) is 10.1 Å². The van der Waals surface area contributed by atoms with Crippen molar-refractivity contribution >= 4 is 11.6 Å². The zero-order chi connectivity index (χ0) is 16.1. The molecule has 2 aromatic rings. The van der Waals surface area contributed by atoms with Gasteiger partial charge in [0.15, 0.2) is 5.82 Å². The van der Waals surface area contributed by atoms with Gasteiger partial charge in [0.25, 0.3) is 5.91 Å². The minimum absolute atomic E-state index is 0.138. The van der Waals surface area contributed by atoms with Crippen molar-refractivity contribution in [2.45, 2.75) is 19.9 Å². The Kier molecular flexibility index (Phi) is 5.11. The number of benzene rings is 1. The highest BCUT2D eigenvalue weighted by atomic mass is 16.5. The third-order valence-corrected chi connectivity index (χ3v) is 3.25. The molecule has 1 aromatic heterocycles. The maximum Gasteiger partial charge on any atom is 0.254 e. The molecule has 0 unspecified atom stereocenters. The quantitative estimate of drug-likeness (QED) is 0.811. The lowest BCUT2D eigenvalue weighted by molar-refractivity contribution is 0.0769. The van der Waals surface area contributed by atoms with E-state index in [4.69, 9.17) is 15.0 Å². The number of hydrogen-bond acceptors (Lipinski definition) is 6. The molecule has 0 spiro atoms. The second-order valence-corrected chi connectivity index (χ2v) is 5.08. The van der Waals surface area contributed by atoms with Crippen LogP contribution >= 0.6 is 0 Å². The fourth-order valence-electron chi connectivity index (χ4n) is 2.00. The van der Waals surface area contributed by atoms with Crippen LogP contribution in [0.25, 0.3) is 0 Å². The minimum atomic E-state index is -0.138. The number of ether oxygens (including phenoxy) is 1. The zero-order valence-corrected chi connectivity index (χ0v) is 13.0. The molecule has 2 rings (SSSR count). The van der Waals surface area contributed by atoms with E-state index in [1.54, 1.807) is 26.3 Å². The molecule has 118 valence electrons. The number of nitrogens with zero attached hydrogens (tertiary/aromatic N) is 3. The lowest BCUT2D eigenvalue weighted by Gasteiger charge is -2.16. The predicted octanol–water partition coefficient (Wildman–Crippen LogP) is 1.42. The average molecular weight is 304 g/mol. The van der Waals surface area contributed by atoms with Crippen molar-refractivity contribution in [1.29, 1.82) is 0 Å². The molecule has 0 atom stereocenters. The summed E-state index contributed by atoms with van der Waals surface area (Å²) in [5, 5.41) is 3.85. The van der Waals surface area contributed by atoms with Gasteiger partial charge in [0.1, 0.15) is 0 Å². The molecule has 0 aliphatic heterocycles. The molecule has 0 radical (unpaired) electrons. The Hall–Kier alpha value is -2.41. The van der Waals surface area contributed by atoms with E-state index >= 15 is 0 Å². The normalized spacial score (nSPS) is 10.7. The summed E-state index contributed by atoms with van der Waals surface area (Å²) < 4.78 is 10.1. The highest BCUT2D eigenvalue weighted by Gasteiger charge is 2.17. The molecular formula is C15H20N4O3. The van der Waals surface area contributed by atoms with Crippen LogP contribution in [-0.4, -0.2) is 41.7 Å². The molecular weight excluding hydrogens is 284 g/mol. The van der Waals surface area contributed by atoms with Gasteiger partial charge in [-0.25, -0.2) is 0 Å². The molecule has 1 heterocycles. The Balaban J connectivity index is 2.05. The van der Waals surface area contributed by atoms with Crippen LogP contribution in [0.1, 0.15) is 27.6 Å². The molecule has 22 heavy (non-hydrogen) atoms. The van der Waals surface area contributed by atoms with Crippen molar-refractivity contribution in [3.63, 3.8) is 0 Å². The maximum absolute atomic E-state index is 12.5. The van der Waals surface area contributed by atoms with Gasteiger partial charge in [0, 0.05) is 31.8 Å². The van der Waals surface area contributed by atoms with Crippen LogP contribution < -0.4 is 5.73 Å². The summed E-state index contributed by atoms with van der Waals surface area (Å²) in [6, 6.07) is 5.27. The molecule has 0 saturated heterocycles. The summed E-state index contributed by atoms with van der Waals surface area (Å²) in [5.41, 5.74) is 7.75. The van der Waals surface area contributed by atoms with E-state index < -0.39 is 0 Å². The molecule has 0 fully saturated rings. The first-order valence-electron chi connectivity index (χ1n) is 6.93. The van der Waals surface area contributed by atoms with E-state index in [-0.39, 0.29) is 12.5 Å². The van der Waals surface area contributed by atoms with Gasteiger partial charge in [-0.1, -0.05) is 11.2 Å². The van der Waals surface area contributed by atoms with Crippen LogP contribution in [0.15, 0.2) is 22.7 Å². The number of methoxy groups -OCH3 is 1. The van der Waals surface area contributed by atoms with E-state index in [0.717, 1.165) is 5.56 Å². The van der Waals surface area contributed by atoms with Crippen molar-refractivity contribution in [3.8, 4) is 0 Å². The SMILES string of the molecule is COCCc1noc(CN(C)C(=O)c2cc(N)ccc2C)n1. The summed E-state index contributed by atoms with van der Waals surface area (Å²) in [5.74, 6) is 0.822. The maximum atomic E-state index is 12.5. The van der Waals surface area contributed by atoms with Crippen LogP contribution in [0.5, 0.6) is 0 Å². The topological polar surface area (TPSA) is 94.5 Å². The standard InChI is InChI=1S/C15H20N4O3/c1-10-4-5-11(16)8-12(10)15(20)19(2)9-14-17-13(18-22-14)6-7-21-3/h4-5,8H,6-7,9,16H2,1-3H3. The van der Waals surface area contributed by atoms with E-state index in [1.807, 2.05) is 13.0 Å². The zero-order valence-electron chi connectivity index (χ0n) is 13.0. The molecule has 7 nitrogen and oxygen atoms in total. The smallest absolute Gasteiger partial charge is 0.254 e. The van der Waals surface area contributed by atoms with Gasteiger partial charge >= 0.3 is 0 Å². The number of amides is 1. The predicted molar refractivity (Wildman–Crippen MR) is 81.3 cm³/mol. The summed E-state index contributed by atoms with van der Waals surface area (Å²) in [7, 11) is 3.30. The number of aryl methyl sites for hydroxylation is 1. The van der Waals surface area contributed by atoms with Crippen molar-refractivity contribution in [2.75, 3.05) is 26.5 Å². The number of anilines is 1. The van der Waals surface area contributed by atoms with Crippen LogP contribution in [0.4, 0.5) is 5.69 Å². The van der Waals surface area contributed by atoms with Crippen LogP contribution in [-0.2, 0) is 17.7 Å². The minimum Gasteiger partial charge on any atom is -0.399 e. The van der Waals surface area contributed by atoms with Gasteiger partial charge in [0.2, 0.25) is 5.89 Å². The Morgan fingerprint density at radius 1 is 1.45 bits per heavy atom. The Bertz CT molecular complexity index is 654. The number of nitrogens with two attached hydrogens (primary N) is 1. The monoisotopic (exact) mass is 304 g/mol. The Morgan fingerprint density at radius 2 is 2.23 bits per heavy atom. The molecule has 1 aromatic carbocycles. The Morgan fingerprint density at radius 3 is 2.95 bits per heavy atom. The first-order valence-corrected chi connectivity index (χ1v) is 6.93. The van der Waals surface area contributed by atoms with E-state index in [1.165, 1.54) is 4.90 Å². The lowest BCUT2D eigenvalue weighted by atomic mass is 10.1. The van der Waals surface area contributed by atoms with Crippen molar-refractivity contribution in [1.82, 2.24) is 15.0 Å². The average Bonchev–Trinajstić information content (AvgIpc) is 2.94. The molecule has 2 N–H and O–H groups in total. The number of nitrogen functional groups attached to an aromatic ring is 1. The van der Waals surface area contributed by atoms with Crippen molar-refractivity contribution in [2.24, 2.45) is 0 Å². The van der Waals surface area contributed by atoms with Gasteiger partial charge in [-0.15, -0.1) is 0 Å². The van der Waals surface area contributed by atoms with Gasteiger partial charge in [-0.05, 0) is 24.6 Å². The fourth-order valence-corrected chi connectivity index (χ4v) is 2.00. The summed E-state index contributed by atoms with van der Waals surface area (Å²) in [6.07, 6.45) is 0.575. The van der Waals surface area contributed by atoms with Crippen molar-refractivity contribution < 1.29 is 14.1 Å². The fraction of sp³-hybridized carbons (Fsp3) is 0.400. The molecule has 0 bridgehead atoms. The van der Waals surface area contributed by atoms with Gasteiger partial charge in [0.05, 0.1) is 13.2 Å². The third-order valence-electron chi connectivity index (χ3n) is 3.25. The van der Waals surface area contributed by atoms with E-state index in [9.17, 15) is 4.79 Å². The highest BCUT2D eigenvalue weighted by molar-refractivity contribution is 5.96. The highest BCUT2D eigenvalue weighted by Crippen LogP contribution is 2.15. The largest absolute Gasteiger partial charge is 0.399 e. The van der Waals surface area contributed by atoms with Crippen LogP contribution in [0.2, 0.25) is 0 Å². The molecule has 0 saturated carbocycles. The number of hydrogen-bond donors (Lipinski definition) is 1. The number of carbonyl (C=O) groups is 1. The lowest BCUT2D eigenvalue weighted by Crippen LogP contribution is -2.27. The third kappa shape index (κ3) is 3.82. The number of carbonyl (C=O) groups excluding carboxylic acids is 1. The molecule has 0 aliphatic carbocycles. The van der Waals surface area contributed by atoms with Crippen LogP contribution in [0.3, 0.4) is 0 Å². The van der Waals surface area contributed by atoms with Gasteiger partial charge in [-0.2, -0.15) is 4.98 Å². The summed E-state index contributed by atoms with van der Waals surface area (Å²) in [4.78, 5) is 18.2. The first kappa shape index (κ1) is 16.0. The van der Waals surface area contributed by atoms with Crippen LogP contribution in [0, 0.1) is 6.92 Å². The van der Waals surface area contributed by atoms with Gasteiger partial charge < -0.3 is 19.9 Å². The summed E-state index contributed by atoms with van der Waals surface area (Å²) >= 11 is 0.